The molecule has 48 heavy (non-hydrogen) atoms. The molecule has 5 aromatic carbocycles. The first-order valence-electron chi connectivity index (χ1n) is 16.3. The van der Waals surface area contributed by atoms with Gasteiger partial charge in [0.1, 0.15) is 23.7 Å². The summed E-state index contributed by atoms with van der Waals surface area (Å²) in [7, 11) is 4.07. The number of allylic oxidation sites excluding steroid dienone is 5. The van der Waals surface area contributed by atoms with Crippen LogP contribution in [0.25, 0.3) is 65.6 Å². The standard InChI is InChI=1S/C42H37N5O/c1-5-6-7-8-13-26-46-35-24-22-31-30-14-10-12-17-37(30)48-41(31)39(35)33-23-25-36-38(40(33)46)32-15-9-11-16-34(32)47(36)45(4)27-44(3)42(43)29-20-18-28(2)19-21-29/h5-25,43H,1,26-27H2,2-4H3/b7-6-,13-8-,43-42?. The van der Waals surface area contributed by atoms with Crippen molar-refractivity contribution in [1.82, 2.24) is 14.1 Å². The van der Waals surface area contributed by atoms with Crippen molar-refractivity contribution in [2.24, 2.45) is 0 Å². The van der Waals surface area contributed by atoms with Gasteiger partial charge in [0.2, 0.25) is 0 Å². The highest BCUT2D eigenvalue weighted by Gasteiger charge is 2.23. The van der Waals surface area contributed by atoms with E-state index < -0.39 is 0 Å². The largest absolute Gasteiger partial charge is 0.455 e. The Morgan fingerprint density at radius 2 is 1.48 bits per heavy atom. The fraction of sp³-hybridized carbons (Fsp3) is 0.119. The molecule has 6 nitrogen and oxygen atoms in total. The Morgan fingerprint density at radius 3 is 2.29 bits per heavy atom. The summed E-state index contributed by atoms with van der Waals surface area (Å²) in [5, 5.41) is 18.1. The minimum absolute atomic E-state index is 0.484. The highest BCUT2D eigenvalue weighted by atomic mass is 16.3. The number of nitrogens with one attached hydrogen (secondary N) is 1. The Bertz CT molecular complexity index is 2590. The van der Waals surface area contributed by atoms with E-state index in [1.807, 2.05) is 48.4 Å². The average molecular weight is 628 g/mol. The molecule has 0 saturated carbocycles. The molecule has 1 N–H and O–H groups in total. The second-order valence-corrected chi connectivity index (χ2v) is 12.5. The van der Waals surface area contributed by atoms with Crippen molar-refractivity contribution in [2.45, 2.75) is 13.5 Å². The number of hydrogen-bond donors (Lipinski definition) is 1. The monoisotopic (exact) mass is 627 g/mol. The molecule has 0 unspecified atom stereocenters. The second kappa shape index (κ2) is 11.7. The molecule has 8 aromatic rings. The fourth-order valence-electron chi connectivity index (χ4n) is 7.21. The van der Waals surface area contributed by atoms with E-state index in [1.54, 1.807) is 6.08 Å². The van der Waals surface area contributed by atoms with Crippen LogP contribution in [-0.2, 0) is 6.54 Å². The molecular weight excluding hydrogens is 590 g/mol. The van der Waals surface area contributed by atoms with Crippen LogP contribution >= 0.6 is 0 Å². The number of furan rings is 1. The van der Waals surface area contributed by atoms with Crippen molar-refractivity contribution in [1.29, 1.82) is 5.41 Å². The molecule has 8 rings (SSSR count). The second-order valence-electron chi connectivity index (χ2n) is 12.5. The van der Waals surface area contributed by atoms with Crippen LogP contribution in [0.2, 0.25) is 0 Å². The number of rotatable bonds is 8. The van der Waals surface area contributed by atoms with Crippen LogP contribution in [0, 0.1) is 12.3 Å². The highest BCUT2D eigenvalue weighted by molar-refractivity contribution is 6.30. The Kier molecular flexibility index (Phi) is 7.14. The Hall–Kier alpha value is -6.01. The Morgan fingerprint density at radius 1 is 0.750 bits per heavy atom. The molecule has 3 heterocycles. The van der Waals surface area contributed by atoms with Crippen molar-refractivity contribution in [3.63, 3.8) is 0 Å². The van der Waals surface area contributed by atoms with Gasteiger partial charge in [-0.25, -0.2) is 0 Å². The lowest BCUT2D eigenvalue weighted by molar-refractivity contribution is 0.456. The van der Waals surface area contributed by atoms with Crippen LogP contribution in [0.5, 0.6) is 0 Å². The number of nitrogens with zero attached hydrogens (tertiary/aromatic N) is 4. The van der Waals surface area contributed by atoms with Crippen molar-refractivity contribution in [3.05, 3.63) is 145 Å². The van der Waals surface area contributed by atoms with E-state index in [0.29, 0.717) is 19.0 Å². The topological polar surface area (TPSA) is 53.3 Å². The number of aromatic nitrogens is 2. The van der Waals surface area contributed by atoms with Gasteiger partial charge in [-0.05, 0) is 43.3 Å². The molecule has 0 atom stereocenters. The van der Waals surface area contributed by atoms with E-state index in [-0.39, 0.29) is 0 Å². The number of para-hydroxylation sites is 2. The fourth-order valence-corrected chi connectivity index (χ4v) is 7.21. The number of hydrogen-bond acceptors (Lipinski definition) is 3. The quantitative estimate of drug-likeness (QED) is 0.0790. The third-order valence-corrected chi connectivity index (χ3v) is 9.39. The molecule has 0 saturated heterocycles. The lowest BCUT2D eigenvalue weighted by atomic mass is 10.1. The van der Waals surface area contributed by atoms with E-state index in [1.165, 1.54) is 27.2 Å². The zero-order valence-electron chi connectivity index (χ0n) is 27.4. The summed E-state index contributed by atoms with van der Waals surface area (Å²) < 4.78 is 11.3. The predicted molar refractivity (Wildman–Crippen MR) is 203 cm³/mol. The summed E-state index contributed by atoms with van der Waals surface area (Å²) in [5.41, 5.74) is 8.45. The van der Waals surface area contributed by atoms with Crippen LogP contribution in [0.3, 0.4) is 0 Å². The van der Waals surface area contributed by atoms with E-state index in [0.717, 1.165) is 49.4 Å². The summed E-state index contributed by atoms with van der Waals surface area (Å²) in [6.45, 7) is 7.09. The molecule has 0 fully saturated rings. The molecule has 0 bridgehead atoms. The Balaban J connectivity index is 1.36. The van der Waals surface area contributed by atoms with Crippen LogP contribution in [0.1, 0.15) is 11.1 Å². The van der Waals surface area contributed by atoms with Gasteiger partial charge >= 0.3 is 0 Å². The minimum Gasteiger partial charge on any atom is -0.455 e. The number of fused-ring (bicyclic) bond motifs is 11. The SMILES string of the molecule is C=C/C=C\C=C/Cn1c2ccc3c4ccccc4oc3c2c2ccc3c(c4ccccc4n3N(C)CN(C)C(=N)c3ccc(C)cc3)c21. The average Bonchev–Trinajstić information content (AvgIpc) is 3.75. The molecule has 0 aliphatic carbocycles. The molecule has 0 aliphatic rings. The van der Waals surface area contributed by atoms with Gasteiger partial charge in [-0.2, -0.15) is 0 Å². The smallest absolute Gasteiger partial charge is 0.145 e. The van der Waals surface area contributed by atoms with Gasteiger partial charge in [0.25, 0.3) is 0 Å². The molecule has 0 aliphatic heterocycles. The van der Waals surface area contributed by atoms with Crippen molar-refractivity contribution in [2.75, 3.05) is 25.8 Å². The van der Waals surface area contributed by atoms with Gasteiger partial charge in [-0.15, -0.1) is 0 Å². The van der Waals surface area contributed by atoms with Crippen LogP contribution in [0.4, 0.5) is 0 Å². The maximum Gasteiger partial charge on any atom is 0.145 e. The summed E-state index contributed by atoms with van der Waals surface area (Å²) >= 11 is 0. The first-order chi connectivity index (χ1) is 23.5. The van der Waals surface area contributed by atoms with Crippen LogP contribution in [-0.4, -0.2) is 40.7 Å². The number of aryl methyl sites for hydroxylation is 1. The molecule has 236 valence electrons. The van der Waals surface area contributed by atoms with E-state index in [4.69, 9.17) is 9.83 Å². The van der Waals surface area contributed by atoms with E-state index >= 15 is 0 Å². The summed E-state index contributed by atoms with van der Waals surface area (Å²) in [5.74, 6) is 0.484. The lowest BCUT2D eigenvalue weighted by Crippen LogP contribution is -2.42. The van der Waals surface area contributed by atoms with Gasteiger partial charge < -0.3 is 13.9 Å². The summed E-state index contributed by atoms with van der Waals surface area (Å²) in [6, 6.07) is 34.0. The highest BCUT2D eigenvalue weighted by Crippen LogP contribution is 2.43. The summed E-state index contributed by atoms with van der Waals surface area (Å²) in [6.07, 6.45) is 10.0. The van der Waals surface area contributed by atoms with Gasteiger partial charge in [0, 0.05) is 53.1 Å². The first kappa shape index (κ1) is 29.4. The maximum atomic E-state index is 8.92. The zero-order valence-corrected chi connectivity index (χ0v) is 27.4. The predicted octanol–water partition coefficient (Wildman–Crippen LogP) is 9.89. The van der Waals surface area contributed by atoms with Crippen molar-refractivity contribution >= 4 is 71.4 Å². The third kappa shape index (κ3) is 4.60. The van der Waals surface area contributed by atoms with Gasteiger partial charge in [0.15, 0.2) is 0 Å². The molecule has 6 heteroatoms. The van der Waals surface area contributed by atoms with Crippen molar-refractivity contribution < 1.29 is 4.42 Å². The van der Waals surface area contributed by atoms with Gasteiger partial charge in [0.05, 0.1) is 27.5 Å². The Labute approximate surface area is 279 Å². The molecule has 0 amide bonds. The normalized spacial score (nSPS) is 12.2. The van der Waals surface area contributed by atoms with Crippen LogP contribution in [0.15, 0.2) is 138 Å². The number of amidine groups is 1. The third-order valence-electron chi connectivity index (χ3n) is 9.39. The first-order valence-corrected chi connectivity index (χ1v) is 16.3. The van der Waals surface area contributed by atoms with Gasteiger partial charge in [-0.3, -0.25) is 15.1 Å². The van der Waals surface area contributed by atoms with E-state index in [2.05, 4.69) is 120 Å². The maximum absolute atomic E-state index is 8.92. The minimum atomic E-state index is 0.484. The summed E-state index contributed by atoms with van der Waals surface area (Å²) in [4.78, 5) is 1.99. The molecule has 0 radical (unpaired) electrons. The molecule has 3 aromatic heterocycles. The lowest BCUT2D eigenvalue weighted by Gasteiger charge is -2.30. The van der Waals surface area contributed by atoms with Crippen molar-refractivity contribution in [3.8, 4) is 0 Å². The molecule has 0 spiro atoms. The zero-order chi connectivity index (χ0) is 32.9. The van der Waals surface area contributed by atoms with Gasteiger partial charge in [-0.1, -0.05) is 103 Å². The molecular formula is C42H37N5O. The van der Waals surface area contributed by atoms with E-state index in [9.17, 15) is 0 Å². The number of benzene rings is 5. The van der Waals surface area contributed by atoms with Crippen LogP contribution < -0.4 is 5.01 Å².